The van der Waals surface area contributed by atoms with Crippen LogP contribution < -0.4 is 5.32 Å². The standard InChI is InChI=1S/C14H17Br2ClN4/c1-4-18-11(14-10(16)5-9(15)7-19-14)6-12-13(17)8(2)20-21(12)3/h5,7,11,18H,4,6H2,1-3H3. The highest BCUT2D eigenvalue weighted by Gasteiger charge is 2.21. The summed E-state index contributed by atoms with van der Waals surface area (Å²) in [4.78, 5) is 4.53. The van der Waals surface area contributed by atoms with Gasteiger partial charge in [0.25, 0.3) is 0 Å². The van der Waals surface area contributed by atoms with E-state index in [9.17, 15) is 0 Å². The van der Waals surface area contributed by atoms with Gasteiger partial charge in [-0.15, -0.1) is 0 Å². The van der Waals surface area contributed by atoms with Crippen molar-refractivity contribution in [1.29, 1.82) is 0 Å². The van der Waals surface area contributed by atoms with Crippen LogP contribution in [-0.2, 0) is 13.5 Å². The molecule has 0 bridgehead atoms. The fourth-order valence-corrected chi connectivity index (χ4v) is 3.79. The quantitative estimate of drug-likeness (QED) is 0.764. The van der Waals surface area contributed by atoms with Gasteiger partial charge in [0.15, 0.2) is 0 Å². The van der Waals surface area contributed by atoms with Crippen LogP contribution in [0.1, 0.15) is 30.0 Å². The van der Waals surface area contributed by atoms with E-state index in [2.05, 4.69) is 54.2 Å². The van der Waals surface area contributed by atoms with E-state index < -0.39 is 0 Å². The molecule has 0 saturated carbocycles. The molecule has 2 heterocycles. The van der Waals surface area contributed by atoms with Gasteiger partial charge in [0.05, 0.1) is 28.1 Å². The Morgan fingerprint density at radius 1 is 1.43 bits per heavy atom. The van der Waals surface area contributed by atoms with Crippen LogP contribution in [0.5, 0.6) is 0 Å². The normalized spacial score (nSPS) is 12.7. The maximum Gasteiger partial charge on any atom is 0.0847 e. The van der Waals surface area contributed by atoms with E-state index in [1.165, 1.54) is 0 Å². The smallest absolute Gasteiger partial charge is 0.0847 e. The number of nitrogens with zero attached hydrogens (tertiary/aromatic N) is 3. The Bertz CT molecular complexity index is 642. The van der Waals surface area contributed by atoms with Gasteiger partial charge in [-0.3, -0.25) is 9.67 Å². The van der Waals surface area contributed by atoms with Crippen LogP contribution in [0, 0.1) is 6.92 Å². The van der Waals surface area contributed by atoms with Crippen LogP contribution in [0.4, 0.5) is 0 Å². The molecule has 4 nitrogen and oxygen atoms in total. The molecule has 0 fully saturated rings. The lowest BCUT2D eigenvalue weighted by Crippen LogP contribution is -2.25. The molecule has 0 amide bonds. The van der Waals surface area contributed by atoms with Gasteiger partial charge in [0.1, 0.15) is 0 Å². The Hall–Kier alpha value is -0.430. The predicted octanol–water partition coefficient (Wildman–Crippen LogP) is 4.20. The lowest BCUT2D eigenvalue weighted by atomic mass is 10.1. The number of hydrogen-bond acceptors (Lipinski definition) is 3. The SMILES string of the molecule is CCNC(Cc1c(Cl)c(C)nn1C)c1ncc(Br)cc1Br. The summed E-state index contributed by atoms with van der Waals surface area (Å²) in [6.07, 6.45) is 2.54. The number of rotatable bonds is 5. The van der Waals surface area contributed by atoms with Gasteiger partial charge in [-0.2, -0.15) is 5.10 Å². The van der Waals surface area contributed by atoms with Crippen LogP contribution in [0.3, 0.4) is 0 Å². The van der Waals surface area contributed by atoms with Crippen LogP contribution in [-0.4, -0.2) is 21.3 Å². The second-order valence-electron chi connectivity index (χ2n) is 4.80. The third-order valence-corrected chi connectivity index (χ3v) is 4.84. The molecule has 21 heavy (non-hydrogen) atoms. The molecule has 0 aliphatic heterocycles. The Balaban J connectivity index is 2.35. The highest BCUT2D eigenvalue weighted by Crippen LogP contribution is 2.29. The van der Waals surface area contributed by atoms with Crippen molar-refractivity contribution >= 4 is 43.5 Å². The minimum Gasteiger partial charge on any atom is -0.309 e. The molecule has 1 unspecified atom stereocenters. The first-order valence-electron chi connectivity index (χ1n) is 6.66. The zero-order chi connectivity index (χ0) is 15.6. The monoisotopic (exact) mass is 434 g/mol. The average molecular weight is 437 g/mol. The number of pyridine rings is 1. The van der Waals surface area contributed by atoms with Crippen molar-refractivity contribution in [3.63, 3.8) is 0 Å². The maximum atomic E-state index is 6.36. The molecule has 0 saturated heterocycles. The zero-order valence-electron chi connectivity index (χ0n) is 12.1. The average Bonchev–Trinajstić information content (AvgIpc) is 2.65. The zero-order valence-corrected chi connectivity index (χ0v) is 16.0. The van der Waals surface area contributed by atoms with Crippen molar-refractivity contribution in [1.82, 2.24) is 20.1 Å². The Kier molecular flexibility index (Phi) is 5.82. The van der Waals surface area contributed by atoms with Crippen molar-refractivity contribution in [2.45, 2.75) is 26.3 Å². The van der Waals surface area contributed by atoms with Crippen molar-refractivity contribution < 1.29 is 0 Å². The van der Waals surface area contributed by atoms with E-state index >= 15 is 0 Å². The molecule has 1 atom stereocenters. The van der Waals surface area contributed by atoms with Crippen molar-refractivity contribution in [2.24, 2.45) is 7.05 Å². The molecule has 1 N–H and O–H groups in total. The van der Waals surface area contributed by atoms with Gasteiger partial charge < -0.3 is 5.32 Å². The van der Waals surface area contributed by atoms with Crippen molar-refractivity contribution in [2.75, 3.05) is 6.54 Å². The topological polar surface area (TPSA) is 42.7 Å². The predicted molar refractivity (Wildman–Crippen MR) is 92.7 cm³/mol. The summed E-state index contributed by atoms with van der Waals surface area (Å²) in [7, 11) is 1.92. The van der Waals surface area contributed by atoms with Gasteiger partial charge in [-0.05, 0) is 51.4 Å². The Morgan fingerprint density at radius 2 is 2.14 bits per heavy atom. The maximum absolute atomic E-state index is 6.36. The van der Waals surface area contributed by atoms with E-state index in [4.69, 9.17) is 11.6 Å². The molecule has 0 spiro atoms. The number of aromatic nitrogens is 3. The minimum atomic E-state index is 0.0739. The fourth-order valence-electron chi connectivity index (χ4n) is 2.29. The summed E-state index contributed by atoms with van der Waals surface area (Å²) in [5.41, 5.74) is 2.83. The van der Waals surface area contributed by atoms with E-state index in [0.717, 1.165) is 44.0 Å². The molecular formula is C14H17Br2ClN4. The second kappa shape index (κ2) is 7.22. The molecule has 2 rings (SSSR count). The van der Waals surface area contributed by atoms with E-state index in [1.54, 1.807) is 6.20 Å². The fraction of sp³-hybridized carbons (Fsp3) is 0.429. The van der Waals surface area contributed by atoms with Gasteiger partial charge in [-0.25, -0.2) is 0 Å². The summed E-state index contributed by atoms with van der Waals surface area (Å²) in [5.74, 6) is 0. The number of nitrogens with one attached hydrogen (secondary N) is 1. The van der Waals surface area contributed by atoms with Gasteiger partial charge in [0, 0.05) is 28.6 Å². The molecule has 0 aliphatic carbocycles. The van der Waals surface area contributed by atoms with E-state index in [1.807, 2.05) is 24.7 Å². The van der Waals surface area contributed by atoms with E-state index in [-0.39, 0.29) is 6.04 Å². The molecule has 0 aliphatic rings. The molecule has 7 heteroatoms. The Labute approximate surface area is 146 Å². The Morgan fingerprint density at radius 3 is 2.67 bits per heavy atom. The third-order valence-electron chi connectivity index (χ3n) is 3.28. The van der Waals surface area contributed by atoms with Gasteiger partial charge in [0.2, 0.25) is 0 Å². The molecule has 114 valence electrons. The lowest BCUT2D eigenvalue weighted by molar-refractivity contribution is 0.515. The summed E-state index contributed by atoms with van der Waals surface area (Å²) >= 11 is 13.4. The minimum absolute atomic E-state index is 0.0739. The molecule has 2 aromatic rings. The summed E-state index contributed by atoms with van der Waals surface area (Å²) in [6.45, 7) is 4.85. The summed E-state index contributed by atoms with van der Waals surface area (Å²) < 4.78 is 3.76. The molecular weight excluding hydrogens is 419 g/mol. The molecule has 2 aromatic heterocycles. The largest absolute Gasteiger partial charge is 0.309 e. The number of halogens is 3. The number of aryl methyl sites for hydroxylation is 2. The van der Waals surface area contributed by atoms with Gasteiger partial charge in [-0.1, -0.05) is 18.5 Å². The highest BCUT2D eigenvalue weighted by atomic mass is 79.9. The van der Waals surface area contributed by atoms with Crippen molar-refractivity contribution in [3.05, 3.63) is 43.3 Å². The third kappa shape index (κ3) is 3.86. The highest BCUT2D eigenvalue weighted by molar-refractivity contribution is 9.11. The van der Waals surface area contributed by atoms with E-state index in [0.29, 0.717) is 0 Å². The van der Waals surface area contributed by atoms with Gasteiger partial charge >= 0.3 is 0 Å². The summed E-state index contributed by atoms with van der Waals surface area (Å²) in [6, 6.07) is 2.08. The first kappa shape index (κ1) is 16.9. The molecule has 0 aromatic carbocycles. The number of likely N-dealkylation sites (N-methyl/N-ethyl adjacent to an activating group) is 1. The number of hydrogen-bond donors (Lipinski definition) is 1. The van der Waals surface area contributed by atoms with Crippen LogP contribution in [0.2, 0.25) is 5.02 Å². The summed E-state index contributed by atoms with van der Waals surface area (Å²) in [5, 5.41) is 8.57. The lowest BCUT2D eigenvalue weighted by Gasteiger charge is -2.19. The van der Waals surface area contributed by atoms with Crippen LogP contribution in [0.15, 0.2) is 21.2 Å². The second-order valence-corrected chi connectivity index (χ2v) is 6.95. The first-order valence-corrected chi connectivity index (χ1v) is 8.62. The first-order chi connectivity index (χ1) is 9.93. The van der Waals surface area contributed by atoms with Crippen LogP contribution >= 0.6 is 43.5 Å². The molecule has 0 radical (unpaired) electrons. The van der Waals surface area contributed by atoms with Crippen LogP contribution in [0.25, 0.3) is 0 Å². The van der Waals surface area contributed by atoms with Crippen molar-refractivity contribution in [3.8, 4) is 0 Å².